The van der Waals surface area contributed by atoms with Crippen LogP contribution in [0.1, 0.15) is 24.8 Å². The molecular weight excluding hydrogens is 418 g/mol. The summed E-state index contributed by atoms with van der Waals surface area (Å²) in [6.45, 7) is 8.82. The van der Waals surface area contributed by atoms with Crippen molar-refractivity contribution in [3.8, 4) is 17.1 Å². The SMILES string of the molecule is CCOc1ccc(-c2noc(CCC(=O)Nc3ccc(N4CCN(C)CC4)c(C)c3)n2)cc1. The van der Waals surface area contributed by atoms with Crippen LogP contribution in [0.25, 0.3) is 11.4 Å². The number of rotatable bonds is 8. The maximum absolute atomic E-state index is 12.5. The van der Waals surface area contributed by atoms with Crippen molar-refractivity contribution < 1.29 is 14.1 Å². The zero-order valence-electron chi connectivity index (χ0n) is 19.5. The van der Waals surface area contributed by atoms with Crippen molar-refractivity contribution >= 4 is 17.3 Å². The molecule has 8 nitrogen and oxygen atoms in total. The zero-order chi connectivity index (χ0) is 23.2. The van der Waals surface area contributed by atoms with Crippen LogP contribution in [0.2, 0.25) is 0 Å². The summed E-state index contributed by atoms with van der Waals surface area (Å²) in [5, 5.41) is 7.01. The van der Waals surface area contributed by atoms with Crippen molar-refractivity contribution in [1.82, 2.24) is 15.0 Å². The summed E-state index contributed by atoms with van der Waals surface area (Å²) in [6.07, 6.45) is 0.651. The average molecular weight is 450 g/mol. The number of benzene rings is 2. The normalized spacial score (nSPS) is 14.3. The Balaban J connectivity index is 1.29. The number of amides is 1. The molecule has 2 heterocycles. The van der Waals surface area contributed by atoms with Crippen molar-refractivity contribution in [3.63, 3.8) is 0 Å². The number of ether oxygens (including phenoxy) is 1. The van der Waals surface area contributed by atoms with Gasteiger partial charge in [0.25, 0.3) is 0 Å². The van der Waals surface area contributed by atoms with Crippen LogP contribution in [0.15, 0.2) is 47.0 Å². The first-order chi connectivity index (χ1) is 16.0. The number of carbonyl (C=O) groups excluding carboxylic acids is 1. The molecule has 0 spiro atoms. The third kappa shape index (κ3) is 5.90. The molecule has 0 atom stereocenters. The van der Waals surface area contributed by atoms with Crippen LogP contribution in [0.4, 0.5) is 11.4 Å². The van der Waals surface area contributed by atoms with Crippen molar-refractivity contribution in [1.29, 1.82) is 0 Å². The summed E-state index contributed by atoms with van der Waals surface area (Å²) in [5.41, 5.74) is 4.04. The van der Waals surface area contributed by atoms with Crippen molar-refractivity contribution in [2.45, 2.75) is 26.7 Å². The van der Waals surface area contributed by atoms with Crippen LogP contribution in [0.5, 0.6) is 5.75 Å². The summed E-state index contributed by atoms with van der Waals surface area (Å²) in [7, 11) is 2.15. The van der Waals surface area contributed by atoms with E-state index in [-0.39, 0.29) is 12.3 Å². The highest BCUT2D eigenvalue weighted by atomic mass is 16.5. The van der Waals surface area contributed by atoms with Crippen LogP contribution in [0, 0.1) is 6.92 Å². The van der Waals surface area contributed by atoms with Gasteiger partial charge in [-0.1, -0.05) is 5.16 Å². The van der Waals surface area contributed by atoms with E-state index in [9.17, 15) is 4.79 Å². The maximum atomic E-state index is 12.5. The Hall–Kier alpha value is -3.39. The first-order valence-electron chi connectivity index (χ1n) is 11.4. The van der Waals surface area contributed by atoms with E-state index in [2.05, 4.69) is 45.3 Å². The highest BCUT2D eigenvalue weighted by molar-refractivity contribution is 5.91. The first-order valence-corrected chi connectivity index (χ1v) is 11.4. The molecule has 0 aliphatic carbocycles. The lowest BCUT2D eigenvalue weighted by molar-refractivity contribution is -0.116. The van der Waals surface area contributed by atoms with E-state index >= 15 is 0 Å². The van der Waals surface area contributed by atoms with E-state index in [0.717, 1.165) is 48.7 Å². The van der Waals surface area contributed by atoms with Gasteiger partial charge >= 0.3 is 0 Å². The molecular formula is C25H31N5O3. The number of hydrogen-bond donors (Lipinski definition) is 1. The monoisotopic (exact) mass is 449 g/mol. The zero-order valence-corrected chi connectivity index (χ0v) is 19.5. The molecule has 1 aliphatic rings. The van der Waals surface area contributed by atoms with Gasteiger partial charge in [0.15, 0.2) is 0 Å². The Kier molecular flexibility index (Phi) is 7.24. The molecule has 4 rings (SSSR count). The predicted molar refractivity (Wildman–Crippen MR) is 129 cm³/mol. The Labute approximate surface area is 194 Å². The van der Waals surface area contributed by atoms with Crippen LogP contribution in [-0.2, 0) is 11.2 Å². The van der Waals surface area contributed by atoms with Gasteiger partial charge in [0.2, 0.25) is 17.6 Å². The van der Waals surface area contributed by atoms with Crippen LogP contribution < -0.4 is 15.0 Å². The van der Waals surface area contributed by atoms with E-state index in [1.165, 1.54) is 5.69 Å². The van der Waals surface area contributed by atoms with E-state index in [1.807, 2.05) is 43.3 Å². The van der Waals surface area contributed by atoms with E-state index in [0.29, 0.717) is 24.7 Å². The highest BCUT2D eigenvalue weighted by Gasteiger charge is 2.16. The lowest BCUT2D eigenvalue weighted by Crippen LogP contribution is -2.44. The van der Waals surface area contributed by atoms with Crippen LogP contribution in [0.3, 0.4) is 0 Å². The van der Waals surface area contributed by atoms with Crippen molar-refractivity contribution in [2.24, 2.45) is 0 Å². The molecule has 1 aromatic heterocycles. The van der Waals surface area contributed by atoms with Gasteiger partial charge < -0.3 is 24.4 Å². The second-order valence-electron chi connectivity index (χ2n) is 8.31. The number of likely N-dealkylation sites (N-methyl/N-ethyl adjacent to an activating group) is 1. The Morgan fingerprint density at radius 1 is 1.12 bits per heavy atom. The Morgan fingerprint density at radius 2 is 1.88 bits per heavy atom. The van der Waals surface area contributed by atoms with E-state index < -0.39 is 0 Å². The Bertz CT molecular complexity index is 1070. The fraction of sp³-hybridized carbons (Fsp3) is 0.400. The van der Waals surface area contributed by atoms with E-state index in [1.54, 1.807) is 0 Å². The quantitative estimate of drug-likeness (QED) is 0.560. The Morgan fingerprint density at radius 3 is 2.58 bits per heavy atom. The molecule has 3 aromatic rings. The number of anilines is 2. The number of hydrogen-bond acceptors (Lipinski definition) is 7. The lowest BCUT2D eigenvalue weighted by atomic mass is 10.1. The lowest BCUT2D eigenvalue weighted by Gasteiger charge is -2.35. The smallest absolute Gasteiger partial charge is 0.227 e. The van der Waals surface area contributed by atoms with Gasteiger partial charge in [-0.15, -0.1) is 0 Å². The number of aryl methyl sites for hydroxylation is 2. The van der Waals surface area contributed by atoms with Gasteiger partial charge in [0.1, 0.15) is 5.75 Å². The molecule has 1 aliphatic heterocycles. The fourth-order valence-electron chi connectivity index (χ4n) is 3.92. The molecule has 8 heteroatoms. The number of piperazine rings is 1. The minimum absolute atomic E-state index is 0.0810. The molecule has 0 saturated carbocycles. The van der Waals surface area contributed by atoms with Gasteiger partial charge in [-0.3, -0.25) is 4.79 Å². The maximum Gasteiger partial charge on any atom is 0.227 e. The fourth-order valence-corrected chi connectivity index (χ4v) is 3.92. The van der Waals surface area contributed by atoms with Crippen LogP contribution >= 0.6 is 0 Å². The molecule has 33 heavy (non-hydrogen) atoms. The van der Waals surface area contributed by atoms with Gasteiger partial charge in [0, 0.05) is 56.0 Å². The minimum atomic E-state index is -0.0810. The van der Waals surface area contributed by atoms with Gasteiger partial charge in [0.05, 0.1) is 6.61 Å². The van der Waals surface area contributed by atoms with Crippen LogP contribution in [-0.4, -0.2) is 60.8 Å². The van der Waals surface area contributed by atoms with Crippen molar-refractivity contribution in [3.05, 3.63) is 53.9 Å². The number of carbonyl (C=O) groups is 1. The highest BCUT2D eigenvalue weighted by Crippen LogP contribution is 2.25. The molecule has 0 radical (unpaired) electrons. The molecule has 0 bridgehead atoms. The number of aromatic nitrogens is 2. The average Bonchev–Trinajstić information content (AvgIpc) is 3.29. The van der Waals surface area contributed by atoms with Gasteiger partial charge in [-0.05, 0) is 68.9 Å². The topological polar surface area (TPSA) is 83.7 Å². The first kappa shape index (κ1) is 22.8. The molecule has 1 saturated heterocycles. The minimum Gasteiger partial charge on any atom is -0.494 e. The molecule has 1 amide bonds. The third-order valence-corrected chi connectivity index (χ3v) is 5.78. The summed E-state index contributed by atoms with van der Waals surface area (Å²) < 4.78 is 10.8. The van der Waals surface area contributed by atoms with Gasteiger partial charge in [-0.25, -0.2) is 0 Å². The number of nitrogens with zero attached hydrogens (tertiary/aromatic N) is 4. The summed E-state index contributed by atoms with van der Waals surface area (Å²) >= 11 is 0. The predicted octanol–water partition coefficient (Wildman–Crippen LogP) is 3.77. The molecule has 2 aromatic carbocycles. The molecule has 1 N–H and O–H groups in total. The molecule has 0 unspecified atom stereocenters. The summed E-state index contributed by atoms with van der Waals surface area (Å²) in [6, 6.07) is 13.6. The summed E-state index contributed by atoms with van der Waals surface area (Å²) in [4.78, 5) is 21.6. The third-order valence-electron chi connectivity index (χ3n) is 5.78. The molecule has 1 fully saturated rings. The van der Waals surface area contributed by atoms with Gasteiger partial charge in [-0.2, -0.15) is 4.98 Å². The standard InChI is InChI=1S/C25H31N5O3/c1-4-32-21-8-5-19(6-9-21)25-27-24(33-28-25)12-11-23(31)26-20-7-10-22(18(2)17-20)30-15-13-29(3)14-16-30/h5-10,17H,4,11-16H2,1-3H3,(H,26,31). The second-order valence-corrected chi connectivity index (χ2v) is 8.31. The van der Waals surface area contributed by atoms with E-state index in [4.69, 9.17) is 9.26 Å². The van der Waals surface area contributed by atoms with Crippen molar-refractivity contribution in [2.75, 3.05) is 50.1 Å². The molecule has 174 valence electrons. The largest absolute Gasteiger partial charge is 0.494 e. The second kappa shape index (κ2) is 10.5. The number of nitrogens with one attached hydrogen (secondary N) is 1. The summed E-state index contributed by atoms with van der Waals surface area (Å²) in [5.74, 6) is 1.66.